The maximum atomic E-state index is 8.47. The van der Waals surface area contributed by atoms with Crippen molar-refractivity contribution < 1.29 is 0 Å². The van der Waals surface area contributed by atoms with Crippen LogP contribution in [0.3, 0.4) is 0 Å². The lowest BCUT2D eigenvalue weighted by molar-refractivity contribution is 0.919. The van der Waals surface area contributed by atoms with Crippen LogP contribution in [0.4, 0.5) is 0 Å². The molecule has 88 valence electrons. The Morgan fingerprint density at radius 1 is 0.938 bits per heavy atom. The Kier molecular flexibility index (Phi) is 8.25. The summed E-state index contributed by atoms with van der Waals surface area (Å²) in [6.07, 6.45) is 10.5. The smallest absolute Gasteiger partial charge is 0.0911 e. The molecule has 0 aromatic carbocycles. The minimum absolute atomic E-state index is 0.994. The summed E-state index contributed by atoms with van der Waals surface area (Å²) in [5.41, 5.74) is 4.00. The van der Waals surface area contributed by atoms with Gasteiger partial charge in [-0.25, -0.2) is 0 Å². The van der Waals surface area contributed by atoms with Crippen LogP contribution in [0.25, 0.3) is 0 Å². The number of nitrogens with zero attached hydrogens (tertiary/aromatic N) is 1. The highest BCUT2D eigenvalue weighted by atomic mass is 14.2. The summed E-state index contributed by atoms with van der Waals surface area (Å²) in [7, 11) is 0. The molecule has 0 atom stereocenters. The van der Waals surface area contributed by atoms with Gasteiger partial charge in [0, 0.05) is 6.08 Å². The van der Waals surface area contributed by atoms with Crippen LogP contribution >= 0.6 is 0 Å². The summed E-state index contributed by atoms with van der Waals surface area (Å²) in [4.78, 5) is 0. The van der Waals surface area contributed by atoms with Crippen LogP contribution in [-0.4, -0.2) is 0 Å². The molecule has 16 heavy (non-hydrogen) atoms. The van der Waals surface area contributed by atoms with E-state index in [0.29, 0.717) is 0 Å². The maximum Gasteiger partial charge on any atom is 0.0911 e. The molecular weight excluding hydrogens is 194 g/mol. The molecule has 0 spiro atoms. The topological polar surface area (TPSA) is 23.8 Å². The van der Waals surface area contributed by atoms with Gasteiger partial charge in [0.2, 0.25) is 0 Å². The summed E-state index contributed by atoms with van der Waals surface area (Å²) in [5, 5.41) is 8.47. The lowest BCUT2D eigenvalue weighted by atomic mass is 10.1. The molecule has 0 aliphatic heterocycles. The van der Waals surface area contributed by atoms with Gasteiger partial charge in [-0.2, -0.15) is 5.26 Å². The van der Waals surface area contributed by atoms with Gasteiger partial charge in [-0.05, 0) is 53.4 Å². The van der Waals surface area contributed by atoms with Crippen LogP contribution < -0.4 is 0 Å². The Morgan fingerprint density at radius 2 is 1.50 bits per heavy atom. The minimum Gasteiger partial charge on any atom is -0.193 e. The molecule has 0 saturated heterocycles. The molecule has 0 amide bonds. The summed E-state index contributed by atoms with van der Waals surface area (Å²) < 4.78 is 0. The molecule has 0 heterocycles. The van der Waals surface area contributed by atoms with Crippen molar-refractivity contribution in [1.82, 2.24) is 0 Å². The van der Waals surface area contributed by atoms with Gasteiger partial charge in [-0.3, -0.25) is 0 Å². The van der Waals surface area contributed by atoms with Gasteiger partial charge in [-0.15, -0.1) is 0 Å². The molecule has 0 aliphatic rings. The third kappa shape index (κ3) is 9.27. The molecule has 0 N–H and O–H groups in total. The van der Waals surface area contributed by atoms with Crippen molar-refractivity contribution in [3.8, 4) is 6.07 Å². The molecule has 0 aliphatic carbocycles. The van der Waals surface area contributed by atoms with E-state index in [2.05, 4.69) is 39.0 Å². The molecule has 0 fully saturated rings. The Bertz CT molecular complexity index is 320. The zero-order valence-electron chi connectivity index (χ0n) is 11.0. The van der Waals surface area contributed by atoms with E-state index in [1.165, 1.54) is 11.1 Å². The van der Waals surface area contributed by atoms with E-state index in [-0.39, 0.29) is 0 Å². The molecule has 0 unspecified atom stereocenters. The van der Waals surface area contributed by atoms with Crippen molar-refractivity contribution in [3.63, 3.8) is 0 Å². The Labute approximate surface area is 100 Å². The standard InChI is InChI=1S/C15H23N/c1-13(2)7-5-8-14(3)9-6-10-15(4)11-12-16/h7,9,11H,5-6,8,10H2,1-4H3. The van der Waals surface area contributed by atoms with E-state index < -0.39 is 0 Å². The van der Waals surface area contributed by atoms with Crippen LogP contribution in [-0.2, 0) is 0 Å². The molecule has 0 radical (unpaired) electrons. The van der Waals surface area contributed by atoms with Crippen LogP contribution in [0.5, 0.6) is 0 Å². The fraction of sp³-hybridized carbons (Fsp3) is 0.533. The summed E-state index contributed by atoms with van der Waals surface area (Å²) in [5.74, 6) is 0. The van der Waals surface area contributed by atoms with Gasteiger partial charge in [0.25, 0.3) is 0 Å². The molecule has 1 heteroatoms. The van der Waals surface area contributed by atoms with Crippen LogP contribution in [0.1, 0.15) is 53.4 Å². The maximum absolute atomic E-state index is 8.47. The van der Waals surface area contributed by atoms with Gasteiger partial charge >= 0.3 is 0 Å². The second-order valence-corrected chi connectivity index (χ2v) is 4.53. The average molecular weight is 217 g/mol. The number of hydrogen-bond acceptors (Lipinski definition) is 1. The zero-order valence-corrected chi connectivity index (χ0v) is 11.0. The van der Waals surface area contributed by atoms with Crippen molar-refractivity contribution >= 4 is 0 Å². The number of allylic oxidation sites excluding steroid dienone is 6. The summed E-state index contributed by atoms with van der Waals surface area (Å²) >= 11 is 0. The van der Waals surface area contributed by atoms with E-state index in [1.54, 1.807) is 6.08 Å². The van der Waals surface area contributed by atoms with Crippen LogP contribution in [0, 0.1) is 11.3 Å². The molecular formula is C15H23N. The van der Waals surface area contributed by atoms with Crippen LogP contribution in [0.15, 0.2) is 34.9 Å². The number of nitriles is 1. The Morgan fingerprint density at radius 3 is 2.06 bits per heavy atom. The van der Waals surface area contributed by atoms with Crippen molar-refractivity contribution in [2.24, 2.45) is 0 Å². The van der Waals surface area contributed by atoms with Crippen molar-refractivity contribution in [1.29, 1.82) is 5.26 Å². The van der Waals surface area contributed by atoms with Crippen molar-refractivity contribution in [2.75, 3.05) is 0 Å². The first kappa shape index (κ1) is 14.7. The third-order valence-electron chi connectivity index (χ3n) is 2.43. The van der Waals surface area contributed by atoms with Gasteiger partial charge in [0.15, 0.2) is 0 Å². The second kappa shape index (κ2) is 8.97. The lowest BCUT2D eigenvalue weighted by Gasteiger charge is -2.00. The van der Waals surface area contributed by atoms with E-state index in [1.807, 2.05) is 6.92 Å². The second-order valence-electron chi connectivity index (χ2n) is 4.53. The highest BCUT2D eigenvalue weighted by Crippen LogP contribution is 2.10. The fourth-order valence-electron chi connectivity index (χ4n) is 1.42. The highest BCUT2D eigenvalue weighted by molar-refractivity contribution is 5.12. The predicted molar refractivity (Wildman–Crippen MR) is 71.0 cm³/mol. The van der Waals surface area contributed by atoms with Gasteiger partial charge < -0.3 is 0 Å². The van der Waals surface area contributed by atoms with Gasteiger partial charge in [0.1, 0.15) is 0 Å². The zero-order chi connectivity index (χ0) is 12.4. The van der Waals surface area contributed by atoms with Gasteiger partial charge in [0.05, 0.1) is 6.07 Å². The minimum atomic E-state index is 0.994. The normalized spacial score (nSPS) is 12.2. The Balaban J connectivity index is 3.84. The van der Waals surface area contributed by atoms with E-state index >= 15 is 0 Å². The monoisotopic (exact) mass is 217 g/mol. The van der Waals surface area contributed by atoms with E-state index in [0.717, 1.165) is 31.3 Å². The van der Waals surface area contributed by atoms with E-state index in [4.69, 9.17) is 5.26 Å². The first-order valence-corrected chi connectivity index (χ1v) is 5.90. The largest absolute Gasteiger partial charge is 0.193 e. The molecule has 0 aromatic heterocycles. The van der Waals surface area contributed by atoms with Crippen molar-refractivity contribution in [3.05, 3.63) is 34.9 Å². The SMILES string of the molecule is CC(C)=CCCC(C)=CCCC(C)=CC#N. The number of rotatable bonds is 6. The van der Waals surface area contributed by atoms with E-state index in [9.17, 15) is 0 Å². The molecule has 0 aromatic rings. The van der Waals surface area contributed by atoms with Crippen LogP contribution in [0.2, 0.25) is 0 Å². The fourth-order valence-corrected chi connectivity index (χ4v) is 1.42. The third-order valence-corrected chi connectivity index (χ3v) is 2.43. The molecule has 0 bridgehead atoms. The molecule has 1 nitrogen and oxygen atoms in total. The first-order chi connectivity index (χ1) is 7.56. The Hall–Kier alpha value is -1.29. The average Bonchev–Trinajstić information content (AvgIpc) is 2.17. The van der Waals surface area contributed by atoms with Crippen molar-refractivity contribution in [2.45, 2.75) is 53.4 Å². The molecule has 0 saturated carbocycles. The highest BCUT2D eigenvalue weighted by Gasteiger charge is 1.91. The number of hydrogen-bond donors (Lipinski definition) is 0. The van der Waals surface area contributed by atoms with Gasteiger partial charge in [-0.1, -0.05) is 28.9 Å². The summed E-state index contributed by atoms with van der Waals surface area (Å²) in [6, 6.07) is 2.06. The summed E-state index contributed by atoms with van der Waals surface area (Å²) in [6.45, 7) is 8.46. The quantitative estimate of drug-likeness (QED) is 0.457. The molecule has 0 rings (SSSR count). The predicted octanol–water partition coefficient (Wildman–Crippen LogP) is 4.93. The lowest BCUT2D eigenvalue weighted by Crippen LogP contribution is -1.80. The first-order valence-electron chi connectivity index (χ1n) is 5.90.